The molecule has 0 bridgehead atoms. The number of pyridine rings is 1. The van der Waals surface area contributed by atoms with Crippen LogP contribution in [0.5, 0.6) is 0 Å². The molecule has 0 aliphatic carbocycles. The number of benzene rings is 1. The zero-order valence-electron chi connectivity index (χ0n) is 13.6. The smallest absolute Gasteiger partial charge is 0.255 e. The second-order valence-electron chi connectivity index (χ2n) is 6.00. The minimum Gasteiger partial charge on any atom is -0.378 e. The fraction of sp³-hybridized carbons (Fsp3) is 0.333. The summed E-state index contributed by atoms with van der Waals surface area (Å²) in [6.07, 6.45) is 4.09. The monoisotopic (exact) mass is 310 g/mol. The van der Waals surface area contributed by atoms with Gasteiger partial charge in [-0.3, -0.25) is 4.79 Å². The van der Waals surface area contributed by atoms with Gasteiger partial charge in [0.1, 0.15) is 5.82 Å². The fourth-order valence-corrected chi connectivity index (χ4v) is 2.74. The maximum Gasteiger partial charge on any atom is 0.255 e. The molecule has 1 aliphatic heterocycles. The van der Waals surface area contributed by atoms with Gasteiger partial charge < -0.3 is 15.1 Å². The minimum atomic E-state index is -0.108. The SMILES string of the molecule is CN(C)c1cccc(NC(=O)c2ccnc(N3CCCC3)c2)c1. The molecule has 1 aromatic carbocycles. The van der Waals surface area contributed by atoms with Crippen LogP contribution in [0.1, 0.15) is 23.2 Å². The van der Waals surface area contributed by atoms with E-state index in [1.807, 2.05) is 49.3 Å². The number of hydrogen-bond acceptors (Lipinski definition) is 4. The molecule has 1 amide bonds. The number of hydrogen-bond donors (Lipinski definition) is 1. The molecule has 23 heavy (non-hydrogen) atoms. The van der Waals surface area contributed by atoms with Crippen LogP contribution in [0, 0.1) is 0 Å². The van der Waals surface area contributed by atoms with Crippen LogP contribution in [0.3, 0.4) is 0 Å². The predicted octanol–water partition coefficient (Wildman–Crippen LogP) is 3.00. The molecular weight excluding hydrogens is 288 g/mol. The topological polar surface area (TPSA) is 48.5 Å². The van der Waals surface area contributed by atoms with Crippen molar-refractivity contribution in [3.8, 4) is 0 Å². The second-order valence-corrected chi connectivity index (χ2v) is 6.00. The van der Waals surface area contributed by atoms with E-state index in [9.17, 15) is 4.79 Å². The van der Waals surface area contributed by atoms with Crippen LogP contribution < -0.4 is 15.1 Å². The van der Waals surface area contributed by atoms with Crippen molar-refractivity contribution < 1.29 is 4.79 Å². The highest BCUT2D eigenvalue weighted by Crippen LogP contribution is 2.21. The van der Waals surface area contributed by atoms with Gasteiger partial charge in [0.25, 0.3) is 5.91 Å². The van der Waals surface area contributed by atoms with Gasteiger partial charge in [-0.05, 0) is 43.2 Å². The summed E-state index contributed by atoms with van der Waals surface area (Å²) in [6, 6.07) is 11.4. The molecule has 0 atom stereocenters. The molecule has 1 fully saturated rings. The molecule has 0 unspecified atom stereocenters. The van der Waals surface area contributed by atoms with Gasteiger partial charge in [-0.15, -0.1) is 0 Å². The Labute approximate surface area is 136 Å². The van der Waals surface area contributed by atoms with E-state index in [4.69, 9.17) is 0 Å². The van der Waals surface area contributed by atoms with E-state index in [-0.39, 0.29) is 5.91 Å². The highest BCUT2D eigenvalue weighted by molar-refractivity contribution is 6.04. The highest BCUT2D eigenvalue weighted by atomic mass is 16.1. The molecule has 0 radical (unpaired) electrons. The number of amides is 1. The number of aromatic nitrogens is 1. The summed E-state index contributed by atoms with van der Waals surface area (Å²) in [4.78, 5) is 21.1. The van der Waals surface area contributed by atoms with E-state index in [0.29, 0.717) is 5.56 Å². The third kappa shape index (κ3) is 3.62. The molecule has 5 nitrogen and oxygen atoms in total. The van der Waals surface area contributed by atoms with Crippen LogP contribution in [0.15, 0.2) is 42.6 Å². The maximum atomic E-state index is 12.5. The zero-order chi connectivity index (χ0) is 16.2. The number of anilines is 3. The van der Waals surface area contributed by atoms with E-state index < -0.39 is 0 Å². The Morgan fingerprint density at radius 1 is 1.17 bits per heavy atom. The molecule has 0 saturated carbocycles. The lowest BCUT2D eigenvalue weighted by Gasteiger charge is -2.17. The van der Waals surface area contributed by atoms with Gasteiger partial charge in [0.15, 0.2) is 0 Å². The molecule has 2 heterocycles. The fourth-order valence-electron chi connectivity index (χ4n) is 2.74. The van der Waals surface area contributed by atoms with Gasteiger partial charge >= 0.3 is 0 Å². The van der Waals surface area contributed by atoms with Gasteiger partial charge in [-0.25, -0.2) is 4.98 Å². The Kier molecular flexibility index (Phi) is 4.46. The average Bonchev–Trinajstić information content (AvgIpc) is 3.10. The summed E-state index contributed by atoms with van der Waals surface area (Å²) in [5.41, 5.74) is 2.48. The van der Waals surface area contributed by atoms with Crippen molar-refractivity contribution in [2.75, 3.05) is 42.3 Å². The highest BCUT2D eigenvalue weighted by Gasteiger charge is 2.15. The van der Waals surface area contributed by atoms with E-state index >= 15 is 0 Å². The molecule has 2 aromatic rings. The number of nitrogens with zero attached hydrogens (tertiary/aromatic N) is 3. The first-order valence-corrected chi connectivity index (χ1v) is 7.93. The largest absolute Gasteiger partial charge is 0.378 e. The lowest BCUT2D eigenvalue weighted by atomic mass is 10.2. The number of rotatable bonds is 4. The first-order chi connectivity index (χ1) is 11.1. The third-order valence-corrected chi connectivity index (χ3v) is 4.06. The summed E-state index contributed by atoms with van der Waals surface area (Å²) in [6.45, 7) is 2.03. The van der Waals surface area contributed by atoms with Crippen LogP contribution in [-0.2, 0) is 0 Å². The molecule has 1 saturated heterocycles. The van der Waals surface area contributed by atoms with Crippen molar-refractivity contribution in [2.45, 2.75) is 12.8 Å². The number of carbonyl (C=O) groups excluding carboxylic acids is 1. The van der Waals surface area contributed by atoms with Crippen molar-refractivity contribution in [1.29, 1.82) is 0 Å². The first-order valence-electron chi connectivity index (χ1n) is 7.93. The van der Waals surface area contributed by atoms with Crippen molar-refractivity contribution >= 4 is 23.1 Å². The van der Waals surface area contributed by atoms with Crippen LogP contribution in [0.4, 0.5) is 17.2 Å². The lowest BCUT2D eigenvalue weighted by Crippen LogP contribution is -2.20. The number of nitrogens with one attached hydrogen (secondary N) is 1. The van der Waals surface area contributed by atoms with Crippen LogP contribution >= 0.6 is 0 Å². The Hall–Kier alpha value is -2.56. The van der Waals surface area contributed by atoms with Crippen LogP contribution in [0.2, 0.25) is 0 Å². The van der Waals surface area contributed by atoms with Gasteiger partial charge in [-0.1, -0.05) is 6.07 Å². The standard InChI is InChI=1S/C18H22N4O/c1-21(2)16-7-5-6-15(13-16)20-18(23)14-8-9-19-17(12-14)22-10-3-4-11-22/h5-9,12-13H,3-4,10-11H2,1-2H3,(H,20,23). The second kappa shape index (κ2) is 6.69. The Balaban J connectivity index is 1.75. The molecule has 120 valence electrons. The molecule has 0 spiro atoms. The quantitative estimate of drug-likeness (QED) is 0.943. The maximum absolute atomic E-state index is 12.5. The van der Waals surface area contributed by atoms with E-state index in [0.717, 1.165) is 30.3 Å². The molecule has 1 aromatic heterocycles. The van der Waals surface area contributed by atoms with Crippen LogP contribution in [0.25, 0.3) is 0 Å². The summed E-state index contributed by atoms with van der Waals surface area (Å²) < 4.78 is 0. The normalized spacial score (nSPS) is 13.9. The summed E-state index contributed by atoms with van der Waals surface area (Å²) in [7, 11) is 3.96. The van der Waals surface area contributed by atoms with E-state index in [1.54, 1.807) is 12.3 Å². The summed E-state index contributed by atoms with van der Waals surface area (Å²) in [5.74, 6) is 0.779. The van der Waals surface area contributed by atoms with Gasteiger partial charge in [0.05, 0.1) is 0 Å². The van der Waals surface area contributed by atoms with E-state index in [2.05, 4.69) is 15.2 Å². The van der Waals surface area contributed by atoms with Crippen molar-refractivity contribution in [2.24, 2.45) is 0 Å². The number of carbonyl (C=O) groups is 1. The van der Waals surface area contributed by atoms with Crippen LogP contribution in [-0.4, -0.2) is 38.1 Å². The Bertz CT molecular complexity index is 693. The van der Waals surface area contributed by atoms with Gasteiger partial charge in [0.2, 0.25) is 0 Å². The molecule has 1 aliphatic rings. The average molecular weight is 310 g/mol. The summed E-state index contributed by atoms with van der Waals surface area (Å²) >= 11 is 0. The molecule has 3 rings (SSSR count). The van der Waals surface area contributed by atoms with Gasteiger partial charge in [0, 0.05) is 50.3 Å². The zero-order valence-corrected chi connectivity index (χ0v) is 13.6. The molecule has 1 N–H and O–H groups in total. The lowest BCUT2D eigenvalue weighted by molar-refractivity contribution is 0.102. The molecule has 5 heteroatoms. The Morgan fingerprint density at radius 2 is 1.96 bits per heavy atom. The van der Waals surface area contributed by atoms with Crippen molar-refractivity contribution in [1.82, 2.24) is 4.98 Å². The van der Waals surface area contributed by atoms with Crippen molar-refractivity contribution in [3.63, 3.8) is 0 Å². The Morgan fingerprint density at radius 3 is 2.70 bits per heavy atom. The molecular formula is C18H22N4O. The van der Waals surface area contributed by atoms with Crippen molar-refractivity contribution in [3.05, 3.63) is 48.2 Å². The van der Waals surface area contributed by atoms with E-state index in [1.165, 1.54) is 12.8 Å². The minimum absolute atomic E-state index is 0.108. The first kappa shape index (κ1) is 15.3. The summed E-state index contributed by atoms with van der Waals surface area (Å²) in [5, 5.41) is 2.96. The van der Waals surface area contributed by atoms with Gasteiger partial charge in [-0.2, -0.15) is 0 Å². The predicted molar refractivity (Wildman–Crippen MR) is 94.4 cm³/mol. The third-order valence-electron chi connectivity index (χ3n) is 4.06.